The van der Waals surface area contributed by atoms with E-state index < -0.39 is 0 Å². The van der Waals surface area contributed by atoms with Crippen LogP contribution in [0.4, 0.5) is 0 Å². The predicted octanol–water partition coefficient (Wildman–Crippen LogP) is 4.07. The van der Waals surface area contributed by atoms with Crippen LogP contribution < -0.4 is 9.47 Å². The highest BCUT2D eigenvalue weighted by atomic mass is 79.9. The van der Waals surface area contributed by atoms with Gasteiger partial charge in [-0.25, -0.2) is 0 Å². The maximum absolute atomic E-state index is 8.79. The van der Waals surface area contributed by atoms with Gasteiger partial charge < -0.3 is 9.47 Å². The minimum Gasteiger partial charge on any atom is -0.490 e. The lowest BCUT2D eigenvalue weighted by atomic mass is 10.1. The molecule has 0 aliphatic rings. The van der Waals surface area contributed by atoms with Gasteiger partial charge in [0.05, 0.1) is 17.7 Å². The Kier molecular flexibility index (Phi) is 6.63. The summed E-state index contributed by atoms with van der Waals surface area (Å²) in [6.45, 7) is 5.01. The summed E-state index contributed by atoms with van der Waals surface area (Å²) in [5.41, 5.74) is 0.754. The molecule has 1 aromatic carbocycles. The number of hydrogen-bond donors (Lipinski definition) is 0. The second-order valence-corrected chi connectivity index (χ2v) is 4.75. The molecule has 0 aliphatic heterocycles. The second-order valence-electron chi connectivity index (χ2n) is 3.89. The van der Waals surface area contributed by atoms with Crippen molar-refractivity contribution in [1.29, 1.82) is 10.5 Å². The monoisotopic (exact) mass is 334 g/mol. The van der Waals surface area contributed by atoms with Gasteiger partial charge in [-0.05, 0) is 53.0 Å². The van der Waals surface area contributed by atoms with Crippen molar-refractivity contribution in [2.24, 2.45) is 0 Å². The minimum atomic E-state index is 0.0431. The lowest BCUT2D eigenvalue weighted by Gasteiger charge is -2.14. The topological polar surface area (TPSA) is 66.0 Å². The van der Waals surface area contributed by atoms with Crippen molar-refractivity contribution in [1.82, 2.24) is 0 Å². The highest BCUT2D eigenvalue weighted by molar-refractivity contribution is 9.10. The number of benzene rings is 1. The molecule has 4 nitrogen and oxygen atoms in total. The first-order valence-corrected chi connectivity index (χ1v) is 7.06. The molecule has 0 bridgehead atoms. The molecule has 104 valence electrons. The second kappa shape index (κ2) is 8.24. The fourth-order valence-corrected chi connectivity index (χ4v) is 2.11. The average molecular weight is 335 g/mol. The van der Waals surface area contributed by atoms with E-state index in [1.165, 1.54) is 6.08 Å². The third kappa shape index (κ3) is 4.29. The van der Waals surface area contributed by atoms with Gasteiger partial charge in [-0.3, -0.25) is 0 Å². The third-order valence-corrected chi connectivity index (χ3v) is 2.92. The van der Waals surface area contributed by atoms with Crippen LogP contribution in [-0.2, 0) is 0 Å². The number of nitriles is 2. The molecule has 0 unspecified atom stereocenters. The SMILES string of the molecule is CCCOc1c(Br)cc(C=C(C#N)C#N)cc1OCC. The van der Waals surface area contributed by atoms with E-state index in [1.54, 1.807) is 12.1 Å². The van der Waals surface area contributed by atoms with Crippen LogP contribution in [0.3, 0.4) is 0 Å². The van der Waals surface area contributed by atoms with Gasteiger partial charge in [0.25, 0.3) is 0 Å². The van der Waals surface area contributed by atoms with Gasteiger partial charge in [-0.1, -0.05) is 6.92 Å². The summed E-state index contributed by atoms with van der Waals surface area (Å²) in [6, 6.07) is 7.22. The van der Waals surface area contributed by atoms with Crippen molar-refractivity contribution in [2.75, 3.05) is 13.2 Å². The van der Waals surface area contributed by atoms with Crippen molar-refractivity contribution in [3.05, 3.63) is 27.7 Å². The molecular formula is C15H15BrN2O2. The summed E-state index contributed by atoms with van der Waals surface area (Å²) in [5, 5.41) is 17.6. The van der Waals surface area contributed by atoms with Crippen molar-refractivity contribution >= 4 is 22.0 Å². The summed E-state index contributed by atoms with van der Waals surface area (Å²) in [7, 11) is 0. The van der Waals surface area contributed by atoms with Gasteiger partial charge in [0.15, 0.2) is 11.5 Å². The van der Waals surface area contributed by atoms with Crippen LogP contribution in [-0.4, -0.2) is 13.2 Å². The first kappa shape index (κ1) is 16.1. The largest absolute Gasteiger partial charge is 0.490 e. The van der Waals surface area contributed by atoms with Gasteiger partial charge in [0.1, 0.15) is 17.7 Å². The van der Waals surface area contributed by atoms with E-state index in [4.69, 9.17) is 20.0 Å². The molecule has 0 saturated heterocycles. The van der Waals surface area contributed by atoms with Crippen LogP contribution in [0.25, 0.3) is 6.08 Å². The number of hydrogen-bond acceptors (Lipinski definition) is 4. The van der Waals surface area contributed by atoms with E-state index in [0.717, 1.165) is 10.9 Å². The van der Waals surface area contributed by atoms with Gasteiger partial charge >= 0.3 is 0 Å². The number of allylic oxidation sites excluding steroid dienone is 1. The maximum Gasteiger partial charge on any atom is 0.175 e. The van der Waals surface area contributed by atoms with Crippen molar-refractivity contribution in [2.45, 2.75) is 20.3 Å². The van der Waals surface area contributed by atoms with Crippen LogP contribution in [0.2, 0.25) is 0 Å². The highest BCUT2D eigenvalue weighted by Crippen LogP contribution is 2.37. The average Bonchev–Trinajstić information content (AvgIpc) is 2.44. The third-order valence-electron chi connectivity index (χ3n) is 2.33. The molecule has 0 aromatic heterocycles. The number of halogens is 1. The molecule has 5 heteroatoms. The van der Waals surface area contributed by atoms with E-state index in [2.05, 4.69) is 15.9 Å². The van der Waals surface area contributed by atoms with Crippen LogP contribution >= 0.6 is 15.9 Å². The smallest absolute Gasteiger partial charge is 0.175 e. The lowest BCUT2D eigenvalue weighted by Crippen LogP contribution is -2.01. The zero-order chi connectivity index (χ0) is 15.0. The minimum absolute atomic E-state index is 0.0431. The molecule has 0 fully saturated rings. The van der Waals surface area contributed by atoms with E-state index in [-0.39, 0.29) is 5.57 Å². The summed E-state index contributed by atoms with van der Waals surface area (Å²) in [4.78, 5) is 0. The normalized spacial score (nSPS) is 9.25. The quantitative estimate of drug-likeness (QED) is 0.735. The van der Waals surface area contributed by atoms with E-state index in [9.17, 15) is 0 Å². The Bertz CT molecular complexity index is 567. The summed E-state index contributed by atoms with van der Waals surface area (Å²) in [5.74, 6) is 1.23. The van der Waals surface area contributed by atoms with E-state index >= 15 is 0 Å². The van der Waals surface area contributed by atoms with Crippen molar-refractivity contribution in [3.63, 3.8) is 0 Å². The fraction of sp³-hybridized carbons (Fsp3) is 0.333. The zero-order valence-corrected chi connectivity index (χ0v) is 13.0. The molecule has 0 N–H and O–H groups in total. The summed E-state index contributed by atoms with van der Waals surface area (Å²) < 4.78 is 11.9. The maximum atomic E-state index is 8.79. The van der Waals surface area contributed by atoms with Gasteiger partial charge in [0.2, 0.25) is 0 Å². The zero-order valence-electron chi connectivity index (χ0n) is 11.4. The number of ether oxygens (including phenoxy) is 2. The molecule has 1 aromatic rings. The Morgan fingerprint density at radius 3 is 2.50 bits per heavy atom. The Labute approximate surface area is 127 Å². The van der Waals surface area contributed by atoms with E-state index in [1.807, 2.05) is 26.0 Å². The molecule has 20 heavy (non-hydrogen) atoms. The number of rotatable bonds is 6. The Morgan fingerprint density at radius 1 is 1.25 bits per heavy atom. The first-order chi connectivity index (χ1) is 9.65. The van der Waals surface area contributed by atoms with Crippen LogP contribution in [0.1, 0.15) is 25.8 Å². The molecular weight excluding hydrogens is 320 g/mol. The predicted molar refractivity (Wildman–Crippen MR) is 80.3 cm³/mol. The fourth-order valence-electron chi connectivity index (χ4n) is 1.53. The Hall–Kier alpha value is -1.98. The molecule has 0 radical (unpaired) electrons. The first-order valence-electron chi connectivity index (χ1n) is 6.27. The Morgan fingerprint density at radius 2 is 1.95 bits per heavy atom. The van der Waals surface area contributed by atoms with Crippen LogP contribution in [0.15, 0.2) is 22.2 Å². The van der Waals surface area contributed by atoms with Crippen molar-refractivity contribution < 1.29 is 9.47 Å². The van der Waals surface area contributed by atoms with Gasteiger partial charge in [-0.15, -0.1) is 0 Å². The molecule has 0 saturated carbocycles. The molecule has 1 rings (SSSR count). The molecule has 0 heterocycles. The molecule has 0 atom stereocenters. The van der Waals surface area contributed by atoms with Crippen LogP contribution in [0, 0.1) is 22.7 Å². The molecule has 0 spiro atoms. The van der Waals surface area contributed by atoms with E-state index in [0.29, 0.717) is 30.3 Å². The molecule has 0 aliphatic carbocycles. The summed E-state index contributed by atoms with van der Waals surface area (Å²) >= 11 is 3.43. The summed E-state index contributed by atoms with van der Waals surface area (Å²) in [6.07, 6.45) is 2.41. The Balaban J connectivity index is 3.23. The van der Waals surface area contributed by atoms with Gasteiger partial charge in [0, 0.05) is 0 Å². The standard InChI is InChI=1S/C15H15BrN2O2/c1-3-5-20-15-13(16)7-11(6-12(9-17)10-18)8-14(15)19-4-2/h6-8H,3-5H2,1-2H3. The van der Waals surface area contributed by atoms with Gasteiger partial charge in [-0.2, -0.15) is 10.5 Å². The highest BCUT2D eigenvalue weighted by Gasteiger charge is 2.11. The lowest BCUT2D eigenvalue weighted by molar-refractivity contribution is 0.275. The van der Waals surface area contributed by atoms with Crippen molar-refractivity contribution in [3.8, 4) is 23.6 Å². The molecule has 0 amide bonds. The van der Waals surface area contributed by atoms with Crippen LogP contribution in [0.5, 0.6) is 11.5 Å². The number of nitrogens with zero attached hydrogens (tertiary/aromatic N) is 2.